The van der Waals surface area contributed by atoms with E-state index in [9.17, 15) is 14.4 Å². The molecule has 8 nitrogen and oxygen atoms in total. The Kier molecular flexibility index (Phi) is 7.81. The molecule has 9 heteroatoms. The van der Waals surface area contributed by atoms with Gasteiger partial charge in [-0.1, -0.05) is 18.2 Å². The monoisotopic (exact) mass is 430 g/mol. The molecule has 0 saturated carbocycles. The number of nitrogens with one attached hydrogen (secondary N) is 2. The number of carbonyl (C=O) groups is 3. The molecule has 1 aliphatic heterocycles. The van der Waals surface area contributed by atoms with Crippen LogP contribution in [0.25, 0.3) is 0 Å². The maximum absolute atomic E-state index is 12.6. The largest absolute Gasteiger partial charge is 0.383 e. The average molecular weight is 431 g/mol. The third-order valence-electron chi connectivity index (χ3n) is 4.85. The number of anilines is 1. The number of para-hydroxylation sites is 1. The van der Waals surface area contributed by atoms with Gasteiger partial charge in [0.1, 0.15) is 0 Å². The maximum atomic E-state index is 12.6. The predicted molar refractivity (Wildman–Crippen MR) is 116 cm³/mol. The molecule has 2 heterocycles. The molecule has 0 atom stereocenters. The van der Waals surface area contributed by atoms with Crippen molar-refractivity contribution >= 4 is 34.7 Å². The third-order valence-corrected chi connectivity index (χ3v) is 5.70. The van der Waals surface area contributed by atoms with E-state index < -0.39 is 0 Å². The highest BCUT2D eigenvalue weighted by Gasteiger charge is 2.25. The number of ether oxygens (including phenoxy) is 1. The third kappa shape index (κ3) is 5.58. The normalized spacial score (nSPS) is 13.8. The van der Waals surface area contributed by atoms with Crippen molar-refractivity contribution in [2.75, 3.05) is 58.3 Å². The molecule has 1 aromatic heterocycles. The molecule has 0 radical (unpaired) electrons. The van der Waals surface area contributed by atoms with E-state index in [1.807, 2.05) is 23.6 Å². The highest BCUT2D eigenvalue weighted by atomic mass is 32.1. The van der Waals surface area contributed by atoms with Gasteiger partial charge in [-0.3, -0.25) is 14.4 Å². The summed E-state index contributed by atoms with van der Waals surface area (Å²) in [7, 11) is 1.57. The fourth-order valence-electron chi connectivity index (χ4n) is 3.19. The lowest BCUT2D eigenvalue weighted by molar-refractivity contribution is -0.130. The number of hydrogen-bond donors (Lipinski definition) is 2. The minimum absolute atomic E-state index is 0.0173. The first kappa shape index (κ1) is 21.8. The number of piperazine rings is 1. The van der Waals surface area contributed by atoms with E-state index in [1.165, 1.54) is 11.3 Å². The van der Waals surface area contributed by atoms with E-state index in [2.05, 4.69) is 10.6 Å². The topological polar surface area (TPSA) is 91.0 Å². The van der Waals surface area contributed by atoms with Gasteiger partial charge in [0, 0.05) is 45.5 Å². The van der Waals surface area contributed by atoms with Crippen molar-refractivity contribution in [3.8, 4) is 0 Å². The fraction of sp³-hybridized carbons (Fsp3) is 0.381. The van der Waals surface area contributed by atoms with Crippen molar-refractivity contribution in [2.45, 2.75) is 0 Å². The quantitative estimate of drug-likeness (QED) is 0.620. The van der Waals surface area contributed by atoms with E-state index in [0.717, 1.165) is 4.88 Å². The lowest BCUT2D eigenvalue weighted by Gasteiger charge is -2.34. The Bertz CT molecular complexity index is 864. The van der Waals surface area contributed by atoms with E-state index in [0.29, 0.717) is 50.6 Å². The van der Waals surface area contributed by atoms with Crippen LogP contribution in [0.5, 0.6) is 0 Å². The summed E-state index contributed by atoms with van der Waals surface area (Å²) in [5.74, 6) is -0.264. The standard InChI is InChI=1S/C21H26N4O4S/c1-29-13-8-22-20(27)16-5-2-3-6-17(16)23-15-19(26)24-9-11-25(12-10-24)21(28)18-7-4-14-30-18/h2-7,14,23H,8-13,15H2,1H3,(H,22,27). The van der Waals surface area contributed by atoms with Gasteiger partial charge in [-0.05, 0) is 23.6 Å². The number of amides is 3. The Morgan fingerprint density at radius 1 is 1.03 bits per heavy atom. The Morgan fingerprint density at radius 3 is 2.47 bits per heavy atom. The second-order valence-electron chi connectivity index (χ2n) is 6.80. The summed E-state index contributed by atoms with van der Waals surface area (Å²) in [5.41, 5.74) is 1.08. The Hall–Kier alpha value is -2.91. The molecule has 1 aromatic carbocycles. The van der Waals surface area contributed by atoms with E-state index >= 15 is 0 Å². The van der Waals surface area contributed by atoms with E-state index in [-0.39, 0.29) is 24.3 Å². The zero-order valence-electron chi connectivity index (χ0n) is 16.9. The van der Waals surface area contributed by atoms with Gasteiger partial charge in [-0.2, -0.15) is 0 Å². The number of hydrogen-bond acceptors (Lipinski definition) is 6. The molecule has 3 rings (SSSR count). The van der Waals surface area contributed by atoms with Gasteiger partial charge >= 0.3 is 0 Å². The van der Waals surface area contributed by atoms with Gasteiger partial charge < -0.3 is 25.2 Å². The summed E-state index contributed by atoms with van der Waals surface area (Å²) in [4.78, 5) is 41.6. The molecule has 0 aliphatic carbocycles. The summed E-state index contributed by atoms with van der Waals surface area (Å²) in [6.07, 6.45) is 0. The number of methoxy groups -OCH3 is 1. The van der Waals surface area contributed by atoms with Crippen LogP contribution in [-0.4, -0.2) is 80.5 Å². The first-order valence-electron chi connectivity index (χ1n) is 9.80. The second kappa shape index (κ2) is 10.7. The summed E-state index contributed by atoms with van der Waals surface area (Å²) < 4.78 is 4.94. The number of nitrogens with zero attached hydrogens (tertiary/aromatic N) is 2. The highest BCUT2D eigenvalue weighted by molar-refractivity contribution is 7.12. The molecule has 30 heavy (non-hydrogen) atoms. The summed E-state index contributed by atoms with van der Waals surface area (Å²) >= 11 is 1.43. The predicted octanol–water partition coefficient (Wildman–Crippen LogP) is 1.52. The van der Waals surface area contributed by atoms with E-state index in [4.69, 9.17) is 4.74 Å². The Balaban J connectivity index is 1.49. The fourth-order valence-corrected chi connectivity index (χ4v) is 3.89. The van der Waals surface area contributed by atoms with Crippen LogP contribution >= 0.6 is 11.3 Å². The van der Waals surface area contributed by atoms with Crippen LogP contribution < -0.4 is 10.6 Å². The van der Waals surface area contributed by atoms with Gasteiger partial charge in [0.2, 0.25) is 5.91 Å². The van der Waals surface area contributed by atoms with Crippen molar-refractivity contribution in [1.82, 2.24) is 15.1 Å². The summed E-state index contributed by atoms with van der Waals surface area (Å²) in [5, 5.41) is 7.74. The molecule has 1 fully saturated rings. The van der Waals surface area contributed by atoms with Crippen LogP contribution in [-0.2, 0) is 9.53 Å². The smallest absolute Gasteiger partial charge is 0.264 e. The van der Waals surface area contributed by atoms with Crippen molar-refractivity contribution in [2.24, 2.45) is 0 Å². The molecule has 3 amide bonds. The SMILES string of the molecule is COCCNC(=O)c1ccccc1NCC(=O)N1CCN(C(=O)c2cccs2)CC1. The zero-order chi connectivity index (χ0) is 21.3. The van der Waals surface area contributed by atoms with Crippen LogP contribution in [0.15, 0.2) is 41.8 Å². The summed E-state index contributed by atoms with van der Waals surface area (Å²) in [6, 6.07) is 10.8. The maximum Gasteiger partial charge on any atom is 0.264 e. The molecular weight excluding hydrogens is 404 g/mol. The highest BCUT2D eigenvalue weighted by Crippen LogP contribution is 2.16. The first-order valence-corrected chi connectivity index (χ1v) is 10.7. The number of benzene rings is 1. The minimum atomic E-state index is -0.219. The molecule has 0 bridgehead atoms. The first-order chi connectivity index (χ1) is 14.6. The molecule has 1 saturated heterocycles. The van der Waals surface area contributed by atoms with E-state index in [1.54, 1.807) is 35.1 Å². The van der Waals surface area contributed by atoms with Crippen molar-refractivity contribution in [3.05, 3.63) is 52.2 Å². The van der Waals surface area contributed by atoms with Crippen LogP contribution in [0.4, 0.5) is 5.69 Å². The number of rotatable bonds is 8. The second-order valence-corrected chi connectivity index (χ2v) is 7.75. The molecular formula is C21H26N4O4S. The molecule has 0 unspecified atom stereocenters. The van der Waals surface area contributed by atoms with Crippen molar-refractivity contribution in [3.63, 3.8) is 0 Å². The lowest BCUT2D eigenvalue weighted by atomic mass is 10.1. The average Bonchev–Trinajstić information content (AvgIpc) is 3.32. The van der Waals surface area contributed by atoms with Gasteiger partial charge in [-0.25, -0.2) is 0 Å². The van der Waals surface area contributed by atoms with Gasteiger partial charge in [0.15, 0.2) is 0 Å². The van der Waals surface area contributed by atoms with Crippen LogP contribution in [0.2, 0.25) is 0 Å². The van der Waals surface area contributed by atoms with Gasteiger partial charge in [0.25, 0.3) is 11.8 Å². The molecule has 160 valence electrons. The number of thiophene rings is 1. The van der Waals surface area contributed by atoms with Gasteiger partial charge in [0.05, 0.1) is 23.6 Å². The van der Waals surface area contributed by atoms with Crippen molar-refractivity contribution < 1.29 is 19.1 Å². The van der Waals surface area contributed by atoms with Crippen LogP contribution in [0, 0.1) is 0 Å². The van der Waals surface area contributed by atoms with Crippen LogP contribution in [0.3, 0.4) is 0 Å². The molecule has 2 N–H and O–H groups in total. The Labute approximate surface area is 179 Å². The summed E-state index contributed by atoms with van der Waals surface area (Å²) in [6.45, 7) is 2.95. The molecule has 2 aromatic rings. The van der Waals surface area contributed by atoms with Gasteiger partial charge in [-0.15, -0.1) is 11.3 Å². The molecule has 1 aliphatic rings. The zero-order valence-corrected chi connectivity index (χ0v) is 17.7. The lowest BCUT2D eigenvalue weighted by Crippen LogP contribution is -2.51. The van der Waals surface area contributed by atoms with Crippen LogP contribution in [0.1, 0.15) is 20.0 Å². The Morgan fingerprint density at radius 2 is 1.77 bits per heavy atom. The van der Waals surface area contributed by atoms with Crippen molar-refractivity contribution in [1.29, 1.82) is 0 Å². The number of carbonyl (C=O) groups excluding carboxylic acids is 3. The molecule has 0 spiro atoms. The minimum Gasteiger partial charge on any atom is -0.383 e.